The fourth-order valence-corrected chi connectivity index (χ4v) is 6.66. The van der Waals surface area contributed by atoms with Gasteiger partial charge >= 0.3 is 17.6 Å². The van der Waals surface area contributed by atoms with Gasteiger partial charge in [0.1, 0.15) is 16.9 Å². The number of benzene rings is 2. The van der Waals surface area contributed by atoms with Crippen LogP contribution in [0.2, 0.25) is 0 Å². The molecule has 3 aliphatic heterocycles. The second-order valence-electron chi connectivity index (χ2n) is 13.0. The zero-order chi connectivity index (χ0) is 33.9. The summed E-state index contributed by atoms with van der Waals surface area (Å²) in [6.07, 6.45) is 0.334. The van der Waals surface area contributed by atoms with Gasteiger partial charge in [-0.15, -0.1) is 0 Å². The molecule has 252 valence electrons. The fraction of sp³-hybridized carbons (Fsp3) is 0.486. The van der Waals surface area contributed by atoms with Gasteiger partial charge in [0, 0.05) is 42.6 Å². The molecule has 1 aromatic heterocycles. The molecule has 6 rings (SSSR count). The van der Waals surface area contributed by atoms with Crippen molar-refractivity contribution in [2.45, 2.75) is 96.6 Å². The second-order valence-corrected chi connectivity index (χ2v) is 13.0. The van der Waals surface area contributed by atoms with Gasteiger partial charge in [0.2, 0.25) is 0 Å². The van der Waals surface area contributed by atoms with E-state index in [-0.39, 0.29) is 42.8 Å². The van der Waals surface area contributed by atoms with Gasteiger partial charge in [-0.2, -0.15) is 0 Å². The van der Waals surface area contributed by atoms with Crippen LogP contribution in [-0.4, -0.2) is 54.2 Å². The molecule has 3 aliphatic rings. The van der Waals surface area contributed by atoms with E-state index in [4.69, 9.17) is 23.4 Å². The Bertz CT molecular complexity index is 1710. The van der Waals surface area contributed by atoms with Gasteiger partial charge in [-0.1, -0.05) is 29.8 Å². The zero-order valence-electron chi connectivity index (χ0n) is 27.7. The average molecular weight is 649 g/mol. The monoisotopic (exact) mass is 648 g/mol. The van der Waals surface area contributed by atoms with E-state index in [2.05, 4.69) is 0 Å². The zero-order valence-corrected chi connectivity index (χ0v) is 27.7. The Morgan fingerprint density at radius 2 is 1.66 bits per heavy atom. The number of carbonyl (C=O) groups is 2. The van der Waals surface area contributed by atoms with E-state index in [1.165, 1.54) is 7.11 Å². The van der Waals surface area contributed by atoms with Crippen molar-refractivity contribution in [1.82, 2.24) is 0 Å². The molecule has 3 aromatic rings. The highest BCUT2D eigenvalue weighted by Crippen LogP contribution is 2.48. The number of hydrogen-bond donors (Lipinski definition) is 2. The van der Waals surface area contributed by atoms with Crippen LogP contribution in [0.15, 0.2) is 56.8 Å². The minimum Gasteiger partial charge on any atom is -0.483 e. The van der Waals surface area contributed by atoms with Crippen LogP contribution >= 0.6 is 0 Å². The lowest BCUT2D eigenvalue weighted by atomic mass is 9.85. The van der Waals surface area contributed by atoms with Crippen molar-refractivity contribution in [3.05, 3.63) is 85.8 Å². The molecule has 10 nitrogen and oxygen atoms in total. The van der Waals surface area contributed by atoms with Crippen LogP contribution in [0.5, 0.6) is 5.75 Å². The van der Waals surface area contributed by atoms with Crippen LogP contribution in [0.4, 0.5) is 0 Å². The van der Waals surface area contributed by atoms with Crippen molar-refractivity contribution in [2.24, 2.45) is 0 Å². The third kappa shape index (κ3) is 7.15. The highest BCUT2D eigenvalue weighted by molar-refractivity contribution is 5.90. The van der Waals surface area contributed by atoms with Crippen LogP contribution in [0.1, 0.15) is 93.2 Å². The van der Waals surface area contributed by atoms with E-state index in [9.17, 15) is 24.6 Å². The van der Waals surface area contributed by atoms with Crippen molar-refractivity contribution in [3.8, 4) is 5.75 Å². The summed E-state index contributed by atoms with van der Waals surface area (Å²) >= 11 is 0. The maximum absolute atomic E-state index is 13.9. The first-order valence-electron chi connectivity index (χ1n) is 16.2. The maximum Gasteiger partial charge on any atom is 0.340 e. The Morgan fingerprint density at radius 1 is 0.957 bits per heavy atom. The lowest BCUT2D eigenvalue weighted by Gasteiger charge is -2.43. The molecule has 47 heavy (non-hydrogen) atoms. The van der Waals surface area contributed by atoms with Crippen molar-refractivity contribution in [2.75, 3.05) is 20.3 Å². The SMILES string of the molecule is COC[C@@H](CCO)c1c(CO)c2ccc3c(c2oc1=O)[C@H]1OC(=O)CCCc2ccc(cc2)CCC(=C(C)C)C(=O)O[C@@H]1C(C)(C)O3. The number of fused-ring (bicyclic) bond motifs is 13. The smallest absolute Gasteiger partial charge is 0.340 e. The summed E-state index contributed by atoms with van der Waals surface area (Å²) in [4.78, 5) is 41.0. The number of esters is 2. The summed E-state index contributed by atoms with van der Waals surface area (Å²) in [7, 11) is 1.49. The number of aliphatic hydroxyl groups excluding tert-OH is 2. The van der Waals surface area contributed by atoms with Gasteiger partial charge in [0.15, 0.2) is 12.2 Å². The first-order chi connectivity index (χ1) is 22.5. The standard InChI is InChI=1S/C37H44O10/c1-21(2)25-14-13-23-11-9-22(10-12-23)7-6-8-29(40)44-33-31-28(47-37(3,4)34(33)46-35(25)41)16-15-26-27(19-39)30(36(42)45-32(26)31)24(17-18-38)20-43-5/h9-12,15-16,24,33-34,38-39H,6-8,13-14,17-20H2,1-5H3/t24-,33-,34+/m1/s1. The summed E-state index contributed by atoms with van der Waals surface area (Å²) in [6.45, 7) is 6.65. The number of methoxy groups -OCH3 is 1. The van der Waals surface area contributed by atoms with Gasteiger partial charge in [0.05, 0.1) is 18.8 Å². The quantitative estimate of drug-likeness (QED) is 0.204. The first-order valence-corrected chi connectivity index (χ1v) is 16.2. The molecular formula is C37H44O10. The summed E-state index contributed by atoms with van der Waals surface area (Å²) < 4.78 is 30.1. The van der Waals surface area contributed by atoms with Crippen LogP contribution in [0, 0.1) is 0 Å². The van der Waals surface area contributed by atoms with Gasteiger partial charge in [-0.3, -0.25) is 4.79 Å². The molecule has 4 heterocycles. The molecule has 2 aromatic carbocycles. The van der Waals surface area contributed by atoms with Crippen molar-refractivity contribution < 1.29 is 43.2 Å². The number of allylic oxidation sites excluding steroid dienone is 1. The molecule has 0 radical (unpaired) electrons. The molecule has 2 bridgehead atoms. The van der Waals surface area contributed by atoms with Crippen molar-refractivity contribution >= 4 is 22.9 Å². The van der Waals surface area contributed by atoms with Gasteiger partial charge < -0.3 is 33.6 Å². The van der Waals surface area contributed by atoms with Gasteiger partial charge in [-0.05, 0) is 88.6 Å². The van der Waals surface area contributed by atoms with E-state index in [0.29, 0.717) is 48.0 Å². The van der Waals surface area contributed by atoms with E-state index in [1.54, 1.807) is 26.0 Å². The molecule has 0 unspecified atom stereocenters. The summed E-state index contributed by atoms with van der Waals surface area (Å²) in [5, 5.41) is 20.7. The number of rotatable bonds is 6. The van der Waals surface area contributed by atoms with Crippen molar-refractivity contribution in [3.63, 3.8) is 0 Å². The minimum atomic E-state index is -1.19. The minimum absolute atomic E-state index is 0.0613. The highest BCUT2D eigenvalue weighted by atomic mass is 16.6. The predicted octanol–water partition coefficient (Wildman–Crippen LogP) is 5.37. The summed E-state index contributed by atoms with van der Waals surface area (Å²) in [6, 6.07) is 11.5. The number of aliphatic hydroxyl groups is 2. The van der Waals surface area contributed by atoms with E-state index < -0.39 is 47.9 Å². The lowest BCUT2D eigenvalue weighted by molar-refractivity contribution is -0.188. The Hall–Kier alpha value is -3.99. The molecule has 0 aliphatic carbocycles. The predicted molar refractivity (Wildman–Crippen MR) is 174 cm³/mol. The molecule has 0 amide bonds. The van der Waals surface area contributed by atoms with Crippen LogP contribution in [0.25, 0.3) is 11.0 Å². The molecule has 0 saturated heterocycles. The van der Waals surface area contributed by atoms with Crippen LogP contribution in [-0.2, 0) is 43.2 Å². The average Bonchev–Trinajstić information content (AvgIpc) is 3.01. The Labute approximate surface area is 274 Å². The molecule has 10 heteroatoms. The molecule has 2 N–H and O–H groups in total. The highest BCUT2D eigenvalue weighted by Gasteiger charge is 2.50. The third-order valence-electron chi connectivity index (χ3n) is 9.13. The van der Waals surface area contributed by atoms with Crippen LogP contribution < -0.4 is 10.4 Å². The van der Waals surface area contributed by atoms with E-state index >= 15 is 0 Å². The normalized spacial score (nSPS) is 20.5. The Morgan fingerprint density at radius 3 is 2.30 bits per heavy atom. The van der Waals surface area contributed by atoms with Gasteiger partial charge in [-0.25, -0.2) is 9.59 Å². The molecule has 3 atom stereocenters. The summed E-state index contributed by atoms with van der Waals surface area (Å²) in [5.74, 6) is -1.29. The topological polar surface area (TPSA) is 142 Å². The second kappa shape index (κ2) is 14.4. The fourth-order valence-electron chi connectivity index (χ4n) is 6.66. The van der Waals surface area contributed by atoms with E-state index in [0.717, 1.165) is 16.7 Å². The maximum atomic E-state index is 13.9. The van der Waals surface area contributed by atoms with E-state index in [1.807, 2.05) is 38.1 Å². The third-order valence-corrected chi connectivity index (χ3v) is 9.13. The molecule has 0 saturated carbocycles. The number of carbonyl (C=O) groups excluding carboxylic acids is 2. The largest absolute Gasteiger partial charge is 0.483 e. The Balaban J connectivity index is 1.68. The van der Waals surface area contributed by atoms with Crippen LogP contribution in [0.3, 0.4) is 0 Å². The number of aryl methyl sites for hydroxylation is 2. The first kappa shape index (κ1) is 34.3. The van der Waals surface area contributed by atoms with Gasteiger partial charge in [0.25, 0.3) is 0 Å². The molecule has 0 spiro atoms. The summed E-state index contributed by atoms with van der Waals surface area (Å²) in [5.41, 5.74) is 2.44. The lowest BCUT2D eigenvalue weighted by Crippen LogP contribution is -2.52. The Kier molecular flexibility index (Phi) is 10.5. The molecular weight excluding hydrogens is 604 g/mol. The molecule has 0 fully saturated rings. The van der Waals surface area contributed by atoms with Crippen molar-refractivity contribution in [1.29, 1.82) is 0 Å². The number of hydrogen-bond acceptors (Lipinski definition) is 10. The number of ether oxygens (including phenoxy) is 4.